The summed E-state index contributed by atoms with van der Waals surface area (Å²) >= 11 is 0. The average molecular weight is 350 g/mol. The summed E-state index contributed by atoms with van der Waals surface area (Å²) in [6, 6.07) is 6.87. The van der Waals surface area contributed by atoms with Gasteiger partial charge in [-0.15, -0.1) is 0 Å². The van der Waals surface area contributed by atoms with Crippen molar-refractivity contribution in [3.63, 3.8) is 0 Å². The van der Waals surface area contributed by atoms with E-state index in [0.717, 1.165) is 12.2 Å². The first-order valence-corrected chi connectivity index (χ1v) is 9.07. The van der Waals surface area contributed by atoms with E-state index in [2.05, 4.69) is 17.8 Å². The first kappa shape index (κ1) is 21.0. The quantitative estimate of drug-likeness (QED) is 0.448. The Balaban J connectivity index is 2.25. The Morgan fingerprint density at radius 1 is 0.920 bits per heavy atom. The molecule has 0 spiro atoms. The molecule has 25 heavy (non-hydrogen) atoms. The monoisotopic (exact) mass is 350 g/mol. The second-order valence-electron chi connectivity index (χ2n) is 5.74. The minimum Gasteiger partial charge on any atom is -0.494 e. The van der Waals surface area contributed by atoms with Crippen LogP contribution in [0.15, 0.2) is 24.3 Å². The van der Waals surface area contributed by atoms with Gasteiger partial charge >= 0.3 is 0 Å². The lowest BCUT2D eigenvalue weighted by Crippen LogP contribution is -2.41. The molecule has 0 radical (unpaired) electrons. The summed E-state index contributed by atoms with van der Waals surface area (Å²) in [7, 11) is 0. The van der Waals surface area contributed by atoms with Crippen LogP contribution >= 0.6 is 0 Å². The Bertz CT molecular complexity index is 503. The molecule has 0 aromatic heterocycles. The van der Waals surface area contributed by atoms with Crippen molar-refractivity contribution in [2.45, 2.75) is 52.4 Å². The molecule has 0 aliphatic carbocycles. The summed E-state index contributed by atoms with van der Waals surface area (Å²) in [6.45, 7) is 5.64. The van der Waals surface area contributed by atoms with Crippen molar-refractivity contribution < 1.29 is 19.1 Å². The van der Waals surface area contributed by atoms with Crippen molar-refractivity contribution in [3.8, 4) is 5.75 Å². The number of nitrogens with one attached hydrogen (secondary N) is 2. The van der Waals surface area contributed by atoms with Gasteiger partial charge in [0, 0.05) is 12.2 Å². The normalized spacial score (nSPS) is 10.3. The number of amides is 2. The van der Waals surface area contributed by atoms with Crippen LogP contribution in [0, 0.1) is 0 Å². The van der Waals surface area contributed by atoms with E-state index in [1.165, 1.54) is 25.7 Å². The van der Waals surface area contributed by atoms with Crippen molar-refractivity contribution in [1.82, 2.24) is 10.9 Å². The summed E-state index contributed by atoms with van der Waals surface area (Å²) in [5.74, 6) is 0.0912. The zero-order valence-electron chi connectivity index (χ0n) is 15.3. The zero-order chi connectivity index (χ0) is 18.3. The van der Waals surface area contributed by atoms with Crippen LogP contribution in [0.25, 0.3) is 0 Å². The van der Waals surface area contributed by atoms with Gasteiger partial charge in [-0.1, -0.05) is 32.6 Å². The fourth-order valence-corrected chi connectivity index (χ4v) is 2.17. The number of hydrogen-bond donors (Lipinski definition) is 2. The van der Waals surface area contributed by atoms with Crippen molar-refractivity contribution in [1.29, 1.82) is 0 Å². The fraction of sp³-hybridized carbons (Fsp3) is 0.579. The predicted molar refractivity (Wildman–Crippen MR) is 97.4 cm³/mol. The topological polar surface area (TPSA) is 76.7 Å². The van der Waals surface area contributed by atoms with E-state index >= 15 is 0 Å². The zero-order valence-corrected chi connectivity index (χ0v) is 15.3. The summed E-state index contributed by atoms with van der Waals surface area (Å²) in [4.78, 5) is 23.4. The molecule has 1 aromatic carbocycles. The van der Waals surface area contributed by atoms with Gasteiger partial charge in [0.1, 0.15) is 5.75 Å². The van der Waals surface area contributed by atoms with Crippen molar-refractivity contribution in [2.24, 2.45) is 0 Å². The average Bonchev–Trinajstić information content (AvgIpc) is 2.63. The number of benzene rings is 1. The predicted octanol–water partition coefficient (Wildman–Crippen LogP) is 3.22. The summed E-state index contributed by atoms with van der Waals surface area (Å²) < 4.78 is 10.7. The molecule has 0 fully saturated rings. The van der Waals surface area contributed by atoms with Crippen LogP contribution in [0.2, 0.25) is 0 Å². The van der Waals surface area contributed by atoms with Gasteiger partial charge < -0.3 is 9.47 Å². The molecule has 6 heteroatoms. The molecule has 2 N–H and O–H groups in total. The Morgan fingerprint density at radius 3 is 2.32 bits per heavy atom. The van der Waals surface area contributed by atoms with Crippen molar-refractivity contribution in [3.05, 3.63) is 29.8 Å². The second kappa shape index (κ2) is 13.2. The third-order valence-electron chi connectivity index (χ3n) is 3.63. The minimum atomic E-state index is -0.365. The lowest BCUT2D eigenvalue weighted by Gasteiger charge is -2.09. The third-order valence-corrected chi connectivity index (χ3v) is 3.63. The largest absolute Gasteiger partial charge is 0.494 e. The van der Waals surface area contributed by atoms with Crippen molar-refractivity contribution in [2.75, 3.05) is 19.8 Å². The molecular formula is C19H30N2O4. The number of rotatable bonds is 12. The molecule has 1 rings (SSSR count). The fourth-order valence-electron chi connectivity index (χ4n) is 2.17. The molecule has 2 amide bonds. The molecule has 0 bridgehead atoms. The Kier molecular flexibility index (Phi) is 11.1. The number of ether oxygens (including phenoxy) is 2. The smallest absolute Gasteiger partial charge is 0.269 e. The van der Waals surface area contributed by atoms with Gasteiger partial charge in [-0.05, 0) is 37.6 Å². The molecule has 0 aliphatic rings. The van der Waals surface area contributed by atoms with Gasteiger partial charge in [0.2, 0.25) is 5.91 Å². The second-order valence-corrected chi connectivity index (χ2v) is 5.74. The van der Waals surface area contributed by atoms with Gasteiger partial charge in [0.15, 0.2) is 0 Å². The molecule has 0 heterocycles. The van der Waals surface area contributed by atoms with Gasteiger partial charge in [0.25, 0.3) is 5.91 Å². The van der Waals surface area contributed by atoms with Gasteiger partial charge in [-0.3, -0.25) is 20.4 Å². The first-order valence-electron chi connectivity index (χ1n) is 9.07. The van der Waals surface area contributed by atoms with Gasteiger partial charge in [0.05, 0.1) is 19.6 Å². The maximum absolute atomic E-state index is 12.0. The molecule has 140 valence electrons. The van der Waals surface area contributed by atoms with Crippen LogP contribution in [0.3, 0.4) is 0 Å². The Labute approximate surface area is 150 Å². The number of carbonyl (C=O) groups excluding carboxylic acids is 2. The van der Waals surface area contributed by atoms with Crippen LogP contribution in [-0.2, 0) is 9.53 Å². The van der Waals surface area contributed by atoms with E-state index in [0.29, 0.717) is 25.4 Å². The molecule has 0 unspecified atom stereocenters. The Hall–Kier alpha value is -2.08. The third kappa shape index (κ3) is 9.72. The molecule has 1 aromatic rings. The van der Waals surface area contributed by atoms with E-state index in [1.54, 1.807) is 24.3 Å². The van der Waals surface area contributed by atoms with Gasteiger partial charge in [-0.25, -0.2) is 0 Å². The maximum atomic E-state index is 12.0. The van der Waals surface area contributed by atoms with Gasteiger partial charge in [-0.2, -0.15) is 0 Å². The van der Waals surface area contributed by atoms with E-state index in [9.17, 15) is 9.59 Å². The molecule has 0 atom stereocenters. The SMILES string of the molecule is CCCCCCCOc1ccc(C(=O)NNC(=O)CCOCC)cc1. The first-order chi connectivity index (χ1) is 12.2. The van der Waals surface area contributed by atoms with Crippen LogP contribution in [0.5, 0.6) is 5.75 Å². The van der Waals surface area contributed by atoms with E-state index in [1.807, 2.05) is 6.92 Å². The summed E-state index contributed by atoms with van der Waals surface area (Å²) in [5.41, 5.74) is 5.20. The highest BCUT2D eigenvalue weighted by molar-refractivity contribution is 5.95. The lowest BCUT2D eigenvalue weighted by atomic mass is 10.2. The van der Waals surface area contributed by atoms with E-state index in [4.69, 9.17) is 9.47 Å². The van der Waals surface area contributed by atoms with E-state index < -0.39 is 0 Å². The lowest BCUT2D eigenvalue weighted by molar-refractivity contribution is -0.122. The molecule has 0 aliphatic heterocycles. The number of carbonyl (C=O) groups is 2. The van der Waals surface area contributed by atoms with Crippen LogP contribution in [0.1, 0.15) is 62.7 Å². The van der Waals surface area contributed by atoms with Crippen LogP contribution in [-0.4, -0.2) is 31.6 Å². The highest BCUT2D eigenvalue weighted by Gasteiger charge is 2.07. The Morgan fingerprint density at radius 2 is 1.64 bits per heavy atom. The summed E-state index contributed by atoms with van der Waals surface area (Å²) in [5, 5.41) is 0. The molecule has 0 saturated heterocycles. The standard InChI is InChI=1S/C19H30N2O4/c1-3-5-6-7-8-14-25-17-11-9-16(10-12-17)19(23)21-20-18(22)13-15-24-4-2/h9-12H,3-8,13-15H2,1-2H3,(H,20,22)(H,21,23). The van der Waals surface area contributed by atoms with E-state index in [-0.39, 0.29) is 18.2 Å². The molecular weight excluding hydrogens is 320 g/mol. The molecule has 6 nitrogen and oxygen atoms in total. The van der Waals surface area contributed by atoms with Crippen molar-refractivity contribution >= 4 is 11.8 Å². The maximum Gasteiger partial charge on any atom is 0.269 e. The number of hydrogen-bond acceptors (Lipinski definition) is 4. The highest BCUT2D eigenvalue weighted by atomic mass is 16.5. The highest BCUT2D eigenvalue weighted by Crippen LogP contribution is 2.13. The minimum absolute atomic E-state index is 0.207. The molecule has 0 saturated carbocycles. The van der Waals surface area contributed by atoms with Crippen LogP contribution in [0.4, 0.5) is 0 Å². The number of hydrazine groups is 1. The van der Waals surface area contributed by atoms with Crippen LogP contribution < -0.4 is 15.6 Å². The summed E-state index contributed by atoms with van der Waals surface area (Å²) in [6.07, 6.45) is 6.17. The number of unbranched alkanes of at least 4 members (excludes halogenated alkanes) is 4.